The van der Waals surface area contributed by atoms with Crippen molar-refractivity contribution in [2.75, 3.05) is 0 Å². The molecule has 0 radical (unpaired) electrons. The minimum Gasteiger partial charge on any atom is -0.390 e. The summed E-state index contributed by atoms with van der Waals surface area (Å²) in [6.07, 6.45) is 1.37. The summed E-state index contributed by atoms with van der Waals surface area (Å²) in [5, 5.41) is 0. The van der Waals surface area contributed by atoms with Crippen LogP contribution in [0, 0.1) is 0 Å². The lowest BCUT2D eigenvalue weighted by molar-refractivity contribution is -0.157. The van der Waals surface area contributed by atoms with Gasteiger partial charge in [-0.05, 0) is 0 Å². The molecule has 0 bridgehead atoms. The van der Waals surface area contributed by atoms with E-state index in [1.807, 2.05) is 0 Å². The summed E-state index contributed by atoms with van der Waals surface area (Å²) in [6.45, 7) is 2.08. The molecule has 0 N–H and O–H groups in total. The van der Waals surface area contributed by atoms with Crippen LogP contribution in [-0.2, 0) is 28.7 Å². The van der Waals surface area contributed by atoms with Crippen LogP contribution in [0.1, 0.15) is 13.8 Å². The first-order chi connectivity index (χ1) is 6.41. The SMILES string of the molecule is CC(=O)OC(=O)/C=C/C(=O)OC(C)=O. The zero-order valence-corrected chi connectivity index (χ0v) is 7.60. The zero-order valence-electron chi connectivity index (χ0n) is 7.60. The monoisotopic (exact) mass is 200 g/mol. The third-order valence-corrected chi connectivity index (χ3v) is 0.844. The topological polar surface area (TPSA) is 86.7 Å². The Morgan fingerprint density at radius 1 is 0.786 bits per heavy atom. The van der Waals surface area contributed by atoms with Gasteiger partial charge in [0, 0.05) is 26.0 Å². The molecule has 6 heteroatoms. The molecule has 0 unspecified atom stereocenters. The second-order valence-corrected chi connectivity index (χ2v) is 2.16. The van der Waals surface area contributed by atoms with Crippen molar-refractivity contribution >= 4 is 23.9 Å². The fraction of sp³-hybridized carbons (Fsp3) is 0.250. The highest BCUT2D eigenvalue weighted by Gasteiger charge is 2.04. The number of esters is 4. The molecule has 14 heavy (non-hydrogen) atoms. The van der Waals surface area contributed by atoms with Crippen molar-refractivity contribution in [3.8, 4) is 0 Å². The Hall–Kier alpha value is -1.98. The number of hydrogen-bond donors (Lipinski definition) is 0. The number of rotatable bonds is 2. The second kappa shape index (κ2) is 5.63. The molecule has 0 aromatic carbocycles. The quantitative estimate of drug-likeness (QED) is 0.346. The summed E-state index contributed by atoms with van der Waals surface area (Å²) in [5.74, 6) is -3.59. The highest BCUT2D eigenvalue weighted by atomic mass is 16.6. The Kier molecular flexibility index (Phi) is 4.83. The van der Waals surface area contributed by atoms with Gasteiger partial charge in [0.1, 0.15) is 0 Å². The summed E-state index contributed by atoms with van der Waals surface area (Å²) in [6, 6.07) is 0. The molecule has 0 rings (SSSR count). The predicted molar refractivity (Wildman–Crippen MR) is 42.7 cm³/mol. The van der Waals surface area contributed by atoms with Crippen molar-refractivity contribution in [2.45, 2.75) is 13.8 Å². The fourth-order valence-electron chi connectivity index (χ4n) is 0.487. The first kappa shape index (κ1) is 12.0. The van der Waals surface area contributed by atoms with Crippen molar-refractivity contribution in [1.29, 1.82) is 0 Å². The normalized spacial score (nSPS) is 9.57. The van der Waals surface area contributed by atoms with Gasteiger partial charge in [-0.2, -0.15) is 0 Å². The van der Waals surface area contributed by atoms with Crippen LogP contribution in [0.5, 0.6) is 0 Å². The Morgan fingerprint density at radius 2 is 1.07 bits per heavy atom. The smallest absolute Gasteiger partial charge is 0.338 e. The molecule has 0 fully saturated rings. The Balaban J connectivity index is 4.04. The highest BCUT2D eigenvalue weighted by molar-refractivity contribution is 5.98. The molecule has 0 saturated heterocycles. The summed E-state index contributed by atoms with van der Waals surface area (Å²) in [4.78, 5) is 41.7. The van der Waals surface area contributed by atoms with Crippen LogP contribution in [0.4, 0.5) is 0 Å². The molecule has 76 valence electrons. The van der Waals surface area contributed by atoms with Gasteiger partial charge >= 0.3 is 23.9 Å². The fourth-order valence-corrected chi connectivity index (χ4v) is 0.487. The molecular weight excluding hydrogens is 192 g/mol. The van der Waals surface area contributed by atoms with Gasteiger partial charge in [-0.25, -0.2) is 9.59 Å². The van der Waals surface area contributed by atoms with Gasteiger partial charge in [0.2, 0.25) is 0 Å². The van der Waals surface area contributed by atoms with Gasteiger partial charge in [0.25, 0.3) is 0 Å². The van der Waals surface area contributed by atoms with Gasteiger partial charge in [0.05, 0.1) is 0 Å². The third kappa shape index (κ3) is 6.71. The molecule has 0 spiro atoms. The molecule has 6 nitrogen and oxygen atoms in total. The first-order valence-corrected chi connectivity index (χ1v) is 3.54. The van der Waals surface area contributed by atoms with E-state index in [9.17, 15) is 19.2 Å². The van der Waals surface area contributed by atoms with Crippen LogP contribution >= 0.6 is 0 Å². The standard InChI is InChI=1S/C8H8O6/c1-5(9)13-7(11)3-4-8(12)14-6(2)10/h3-4H,1-2H3/b4-3+. The van der Waals surface area contributed by atoms with Crippen molar-refractivity contribution < 1.29 is 28.7 Å². The van der Waals surface area contributed by atoms with E-state index in [-0.39, 0.29) is 0 Å². The maximum atomic E-state index is 10.6. The van der Waals surface area contributed by atoms with Crippen molar-refractivity contribution in [1.82, 2.24) is 0 Å². The van der Waals surface area contributed by atoms with Crippen molar-refractivity contribution in [3.63, 3.8) is 0 Å². The van der Waals surface area contributed by atoms with E-state index in [4.69, 9.17) is 0 Å². The molecule has 0 heterocycles. The van der Waals surface area contributed by atoms with Crippen LogP contribution < -0.4 is 0 Å². The van der Waals surface area contributed by atoms with E-state index in [0.717, 1.165) is 13.8 Å². The maximum Gasteiger partial charge on any atom is 0.338 e. The summed E-state index contributed by atoms with van der Waals surface area (Å²) < 4.78 is 8.10. The van der Waals surface area contributed by atoms with E-state index >= 15 is 0 Å². The number of carbonyl (C=O) groups excluding carboxylic acids is 4. The largest absolute Gasteiger partial charge is 0.390 e. The minimum absolute atomic E-state index is 0.687. The van der Waals surface area contributed by atoms with Gasteiger partial charge < -0.3 is 9.47 Å². The molecule has 0 amide bonds. The summed E-state index contributed by atoms with van der Waals surface area (Å²) in [7, 11) is 0. The van der Waals surface area contributed by atoms with Gasteiger partial charge in [0.15, 0.2) is 0 Å². The Labute approximate surface area is 79.5 Å². The molecule has 0 aromatic rings. The molecular formula is C8H8O6. The molecule has 0 aromatic heterocycles. The molecule has 0 saturated carbocycles. The first-order valence-electron chi connectivity index (χ1n) is 3.54. The third-order valence-electron chi connectivity index (χ3n) is 0.844. The summed E-state index contributed by atoms with van der Waals surface area (Å²) >= 11 is 0. The lowest BCUT2D eigenvalue weighted by atomic mass is 10.5. The second-order valence-electron chi connectivity index (χ2n) is 2.16. The molecule has 0 aliphatic heterocycles. The molecule has 0 atom stereocenters. The zero-order chi connectivity index (χ0) is 11.1. The van der Waals surface area contributed by atoms with E-state index in [2.05, 4.69) is 9.47 Å². The Bertz CT molecular complexity index is 271. The lowest BCUT2D eigenvalue weighted by Gasteiger charge is -1.93. The van der Waals surface area contributed by atoms with Crippen molar-refractivity contribution in [2.24, 2.45) is 0 Å². The average molecular weight is 200 g/mol. The Morgan fingerprint density at radius 3 is 1.29 bits per heavy atom. The van der Waals surface area contributed by atoms with Crippen LogP contribution in [0.3, 0.4) is 0 Å². The van der Waals surface area contributed by atoms with E-state index in [1.165, 1.54) is 0 Å². The van der Waals surface area contributed by atoms with Gasteiger partial charge in [-0.15, -0.1) is 0 Å². The average Bonchev–Trinajstić information content (AvgIpc) is 1.98. The summed E-state index contributed by atoms with van der Waals surface area (Å²) in [5.41, 5.74) is 0. The van der Waals surface area contributed by atoms with E-state index < -0.39 is 23.9 Å². The van der Waals surface area contributed by atoms with Crippen LogP contribution in [0.2, 0.25) is 0 Å². The predicted octanol–water partition coefficient (Wildman–Crippen LogP) is -0.278. The number of hydrogen-bond acceptors (Lipinski definition) is 6. The van der Waals surface area contributed by atoms with Crippen LogP contribution in [0.25, 0.3) is 0 Å². The van der Waals surface area contributed by atoms with Crippen molar-refractivity contribution in [3.05, 3.63) is 12.2 Å². The molecule has 0 aliphatic rings. The van der Waals surface area contributed by atoms with E-state index in [1.54, 1.807) is 0 Å². The van der Waals surface area contributed by atoms with Crippen LogP contribution in [-0.4, -0.2) is 23.9 Å². The lowest BCUT2D eigenvalue weighted by Crippen LogP contribution is -2.09. The highest BCUT2D eigenvalue weighted by Crippen LogP contribution is 1.86. The number of carbonyl (C=O) groups is 4. The van der Waals surface area contributed by atoms with Crippen LogP contribution in [0.15, 0.2) is 12.2 Å². The van der Waals surface area contributed by atoms with Gasteiger partial charge in [-0.3, -0.25) is 9.59 Å². The molecule has 0 aliphatic carbocycles. The van der Waals surface area contributed by atoms with E-state index in [0.29, 0.717) is 12.2 Å². The number of ether oxygens (including phenoxy) is 2. The maximum absolute atomic E-state index is 10.6. The minimum atomic E-state index is -1.00. The van der Waals surface area contributed by atoms with Gasteiger partial charge in [-0.1, -0.05) is 0 Å².